The van der Waals surface area contributed by atoms with Gasteiger partial charge in [-0.15, -0.1) is 0 Å². The van der Waals surface area contributed by atoms with Crippen molar-refractivity contribution in [3.63, 3.8) is 0 Å². The average molecular weight is 272 g/mol. The molecule has 0 bridgehead atoms. The maximum atomic E-state index is 12.2. The van der Waals surface area contributed by atoms with Gasteiger partial charge in [0, 0.05) is 25.0 Å². The second kappa shape index (κ2) is 4.63. The monoisotopic (exact) mass is 272 g/mol. The Hall–Kier alpha value is -2.37. The minimum absolute atomic E-state index is 0.0768. The third-order valence-electron chi connectivity index (χ3n) is 3.53. The number of nitrogens with zero attached hydrogens (tertiary/aromatic N) is 4. The van der Waals surface area contributed by atoms with Gasteiger partial charge in [0.2, 0.25) is 0 Å². The number of amides is 1. The van der Waals surface area contributed by atoms with Crippen molar-refractivity contribution >= 4 is 5.91 Å². The molecule has 1 aliphatic rings. The minimum atomic E-state index is -0.235. The normalized spacial score (nSPS) is 15.2. The lowest BCUT2D eigenvalue weighted by atomic mass is 10.1. The molecular formula is C14H16N4O2. The average Bonchev–Trinajstić information content (AvgIpc) is 2.67. The van der Waals surface area contributed by atoms with Crippen molar-refractivity contribution in [3.05, 3.63) is 41.5 Å². The molecule has 0 radical (unpaired) electrons. The molecule has 1 amide bonds. The number of aromatic hydroxyl groups is 1. The molecule has 0 unspecified atom stereocenters. The Morgan fingerprint density at radius 3 is 2.75 bits per heavy atom. The van der Waals surface area contributed by atoms with E-state index in [4.69, 9.17) is 0 Å². The second-order valence-corrected chi connectivity index (χ2v) is 5.11. The van der Waals surface area contributed by atoms with Crippen molar-refractivity contribution in [2.45, 2.75) is 19.9 Å². The Labute approximate surface area is 116 Å². The van der Waals surface area contributed by atoms with Crippen LogP contribution >= 0.6 is 0 Å². The van der Waals surface area contributed by atoms with E-state index in [9.17, 15) is 9.90 Å². The van der Waals surface area contributed by atoms with Crippen LogP contribution in [0.4, 0.5) is 0 Å². The smallest absolute Gasteiger partial charge is 0.276 e. The first-order valence-electron chi connectivity index (χ1n) is 6.52. The Morgan fingerprint density at radius 2 is 2.15 bits per heavy atom. The molecule has 6 nitrogen and oxygen atoms in total. The summed E-state index contributed by atoms with van der Waals surface area (Å²) < 4.78 is 1.96. The van der Waals surface area contributed by atoms with Gasteiger partial charge in [-0.3, -0.25) is 9.48 Å². The van der Waals surface area contributed by atoms with Gasteiger partial charge in [-0.25, -0.2) is 4.98 Å². The van der Waals surface area contributed by atoms with Crippen LogP contribution in [0.25, 0.3) is 0 Å². The highest BCUT2D eigenvalue weighted by Gasteiger charge is 2.35. The van der Waals surface area contributed by atoms with E-state index in [1.807, 2.05) is 24.6 Å². The molecule has 104 valence electrons. The summed E-state index contributed by atoms with van der Waals surface area (Å²) in [7, 11) is 0. The number of hydrogen-bond donors (Lipinski definition) is 1. The number of aryl methyl sites for hydroxylation is 2. The molecule has 0 aromatic carbocycles. The van der Waals surface area contributed by atoms with Gasteiger partial charge in [-0.2, -0.15) is 5.10 Å². The van der Waals surface area contributed by atoms with E-state index in [1.165, 1.54) is 12.3 Å². The van der Waals surface area contributed by atoms with Gasteiger partial charge in [0.25, 0.3) is 5.91 Å². The van der Waals surface area contributed by atoms with Crippen LogP contribution in [-0.4, -0.2) is 43.8 Å². The Morgan fingerprint density at radius 1 is 1.40 bits per heavy atom. The fourth-order valence-corrected chi connectivity index (χ4v) is 2.50. The van der Waals surface area contributed by atoms with Gasteiger partial charge in [-0.1, -0.05) is 0 Å². The molecular weight excluding hydrogens is 256 g/mol. The van der Waals surface area contributed by atoms with Crippen molar-refractivity contribution in [1.82, 2.24) is 19.7 Å². The minimum Gasteiger partial charge on any atom is -0.505 e. The van der Waals surface area contributed by atoms with Crippen LogP contribution in [0.1, 0.15) is 27.9 Å². The first kappa shape index (κ1) is 12.7. The topological polar surface area (TPSA) is 71.2 Å². The SMILES string of the molecule is Cc1cc(C)n(C2CN(C(=O)c3ncccc3O)C2)n1. The lowest BCUT2D eigenvalue weighted by Crippen LogP contribution is -2.51. The van der Waals surface area contributed by atoms with Crippen molar-refractivity contribution in [2.24, 2.45) is 0 Å². The van der Waals surface area contributed by atoms with Gasteiger partial charge in [0.05, 0.1) is 11.7 Å². The summed E-state index contributed by atoms with van der Waals surface area (Å²) in [5.74, 6) is -0.312. The molecule has 6 heteroatoms. The van der Waals surface area contributed by atoms with Crippen LogP contribution in [0.2, 0.25) is 0 Å². The quantitative estimate of drug-likeness (QED) is 0.894. The van der Waals surface area contributed by atoms with Crippen LogP contribution in [0.5, 0.6) is 5.75 Å². The van der Waals surface area contributed by atoms with E-state index in [2.05, 4.69) is 10.1 Å². The number of pyridine rings is 1. The van der Waals surface area contributed by atoms with Gasteiger partial charge < -0.3 is 10.0 Å². The van der Waals surface area contributed by atoms with Crippen LogP contribution < -0.4 is 0 Å². The summed E-state index contributed by atoms with van der Waals surface area (Å²) in [6.07, 6.45) is 1.51. The third-order valence-corrected chi connectivity index (χ3v) is 3.53. The summed E-state index contributed by atoms with van der Waals surface area (Å²) >= 11 is 0. The van der Waals surface area contributed by atoms with E-state index >= 15 is 0 Å². The number of rotatable bonds is 2. The van der Waals surface area contributed by atoms with Crippen LogP contribution in [0.3, 0.4) is 0 Å². The van der Waals surface area contributed by atoms with Crippen LogP contribution in [-0.2, 0) is 0 Å². The summed E-state index contributed by atoms with van der Waals surface area (Å²) in [5.41, 5.74) is 2.19. The Bertz CT molecular complexity index is 659. The van der Waals surface area contributed by atoms with E-state index < -0.39 is 0 Å². The first-order valence-corrected chi connectivity index (χ1v) is 6.52. The second-order valence-electron chi connectivity index (χ2n) is 5.11. The lowest BCUT2D eigenvalue weighted by Gasteiger charge is -2.39. The molecule has 1 fully saturated rings. The fourth-order valence-electron chi connectivity index (χ4n) is 2.50. The number of aromatic nitrogens is 3. The van der Waals surface area contributed by atoms with Gasteiger partial charge in [0.15, 0.2) is 5.69 Å². The van der Waals surface area contributed by atoms with Crippen LogP contribution in [0, 0.1) is 13.8 Å². The zero-order valence-corrected chi connectivity index (χ0v) is 11.4. The summed E-state index contributed by atoms with van der Waals surface area (Å²) in [6, 6.07) is 5.30. The van der Waals surface area contributed by atoms with E-state index in [-0.39, 0.29) is 23.4 Å². The van der Waals surface area contributed by atoms with E-state index in [1.54, 1.807) is 11.0 Å². The van der Waals surface area contributed by atoms with Crippen molar-refractivity contribution in [1.29, 1.82) is 0 Å². The Kier molecular flexibility index (Phi) is 2.93. The molecule has 1 aliphatic heterocycles. The number of hydrogen-bond acceptors (Lipinski definition) is 4. The Balaban J connectivity index is 1.70. The zero-order chi connectivity index (χ0) is 14.3. The molecule has 3 rings (SSSR count). The molecule has 2 aromatic heterocycles. The maximum Gasteiger partial charge on any atom is 0.276 e. The molecule has 0 saturated carbocycles. The molecule has 2 aromatic rings. The lowest BCUT2D eigenvalue weighted by molar-refractivity contribution is 0.0488. The van der Waals surface area contributed by atoms with Gasteiger partial charge in [-0.05, 0) is 32.0 Å². The standard InChI is InChI=1S/C14H16N4O2/c1-9-6-10(2)18(16-9)11-7-17(8-11)14(20)13-12(19)4-3-5-15-13/h3-6,11,19H,7-8H2,1-2H3. The predicted molar refractivity (Wildman–Crippen MR) is 72.5 cm³/mol. The molecule has 20 heavy (non-hydrogen) atoms. The highest BCUT2D eigenvalue weighted by Crippen LogP contribution is 2.26. The van der Waals surface area contributed by atoms with E-state index in [0.717, 1.165) is 11.4 Å². The molecule has 0 spiro atoms. The largest absolute Gasteiger partial charge is 0.505 e. The first-order chi connectivity index (χ1) is 9.56. The maximum absolute atomic E-state index is 12.2. The third kappa shape index (κ3) is 2.03. The fraction of sp³-hybridized carbons (Fsp3) is 0.357. The van der Waals surface area contributed by atoms with E-state index in [0.29, 0.717) is 13.1 Å². The summed E-state index contributed by atoms with van der Waals surface area (Å²) in [5, 5.41) is 14.1. The van der Waals surface area contributed by atoms with Crippen molar-refractivity contribution in [3.8, 4) is 5.75 Å². The summed E-state index contributed by atoms with van der Waals surface area (Å²) in [6.45, 7) is 5.15. The molecule has 0 atom stereocenters. The van der Waals surface area contributed by atoms with Crippen molar-refractivity contribution < 1.29 is 9.90 Å². The van der Waals surface area contributed by atoms with Crippen LogP contribution in [0.15, 0.2) is 24.4 Å². The summed E-state index contributed by atoms with van der Waals surface area (Å²) in [4.78, 5) is 17.8. The number of likely N-dealkylation sites (tertiary alicyclic amines) is 1. The number of carbonyl (C=O) groups is 1. The molecule has 3 heterocycles. The predicted octanol–water partition coefficient (Wildman–Crippen LogP) is 1.30. The number of carbonyl (C=O) groups excluding carboxylic acids is 1. The molecule has 1 N–H and O–H groups in total. The highest BCUT2D eigenvalue weighted by molar-refractivity contribution is 5.95. The van der Waals surface area contributed by atoms with Gasteiger partial charge in [0.1, 0.15) is 5.75 Å². The molecule has 1 saturated heterocycles. The van der Waals surface area contributed by atoms with Crippen molar-refractivity contribution in [2.75, 3.05) is 13.1 Å². The zero-order valence-electron chi connectivity index (χ0n) is 11.4. The molecule has 0 aliphatic carbocycles. The van der Waals surface area contributed by atoms with Gasteiger partial charge >= 0.3 is 0 Å². The highest BCUT2D eigenvalue weighted by atomic mass is 16.3.